The van der Waals surface area contributed by atoms with Gasteiger partial charge in [-0.25, -0.2) is 4.79 Å². The molecular weight excluding hydrogens is 397 g/mol. The van der Waals surface area contributed by atoms with E-state index in [0.717, 1.165) is 0 Å². The molecule has 0 heterocycles. The number of esters is 1. The molecule has 0 saturated heterocycles. The number of carbonyl (C=O) groups is 2. The number of carbonyl (C=O) groups excluding carboxylic acids is 2. The van der Waals surface area contributed by atoms with E-state index in [1.165, 1.54) is 12.3 Å². The summed E-state index contributed by atoms with van der Waals surface area (Å²) in [5.41, 5.74) is 0.873. The molecule has 0 unspecified atom stereocenters. The summed E-state index contributed by atoms with van der Waals surface area (Å²) in [5, 5.41) is 3.63. The zero-order chi connectivity index (χ0) is 19.3. The highest BCUT2D eigenvalue weighted by atomic mass is 35.5. The normalized spacial score (nSPS) is 12.9. The van der Waals surface area contributed by atoms with Crippen LogP contribution in [0.15, 0.2) is 47.4 Å². The predicted octanol–water partition coefficient (Wildman–Crippen LogP) is 3.77. The minimum atomic E-state index is -1.34. The van der Waals surface area contributed by atoms with Crippen LogP contribution < -0.4 is 5.32 Å². The van der Waals surface area contributed by atoms with Crippen LogP contribution in [0.25, 0.3) is 0 Å². The Morgan fingerprint density at radius 2 is 1.88 bits per heavy atom. The predicted molar refractivity (Wildman–Crippen MR) is 102 cm³/mol. The van der Waals surface area contributed by atoms with Gasteiger partial charge in [0, 0.05) is 16.3 Å². The van der Waals surface area contributed by atoms with Crippen molar-refractivity contribution in [3.05, 3.63) is 63.6 Å². The SMILES string of the molecule is C[C@H](NC(=O)COC(=O)c1ccccc1[S@](C)=O)c1ccc(Cl)cc1Cl. The molecule has 0 spiro atoms. The molecule has 1 N–H and O–H groups in total. The van der Waals surface area contributed by atoms with Crippen LogP contribution in [-0.4, -0.2) is 28.9 Å². The van der Waals surface area contributed by atoms with Gasteiger partial charge in [0.15, 0.2) is 6.61 Å². The second-order valence-corrected chi connectivity index (χ2v) is 7.67. The molecule has 0 aromatic heterocycles. The molecule has 0 aliphatic carbocycles. The highest BCUT2D eigenvalue weighted by Gasteiger charge is 2.18. The van der Waals surface area contributed by atoms with Gasteiger partial charge in [0.2, 0.25) is 0 Å². The van der Waals surface area contributed by atoms with Crippen molar-refractivity contribution in [1.29, 1.82) is 0 Å². The molecule has 1 amide bonds. The first kappa shape index (κ1) is 20.4. The van der Waals surface area contributed by atoms with Crippen LogP contribution in [0, 0.1) is 0 Å². The summed E-state index contributed by atoms with van der Waals surface area (Å²) in [4.78, 5) is 24.6. The van der Waals surface area contributed by atoms with Gasteiger partial charge in [0.05, 0.1) is 27.3 Å². The van der Waals surface area contributed by atoms with E-state index < -0.39 is 29.3 Å². The lowest BCUT2D eigenvalue weighted by molar-refractivity contribution is -0.124. The second kappa shape index (κ2) is 9.16. The molecule has 2 atom stereocenters. The minimum absolute atomic E-state index is 0.176. The van der Waals surface area contributed by atoms with Crippen molar-refractivity contribution < 1.29 is 18.5 Å². The van der Waals surface area contributed by atoms with E-state index in [2.05, 4.69) is 5.32 Å². The fourth-order valence-electron chi connectivity index (χ4n) is 2.31. The lowest BCUT2D eigenvalue weighted by Gasteiger charge is -2.16. The number of ether oxygens (including phenoxy) is 1. The van der Waals surface area contributed by atoms with Gasteiger partial charge in [-0.2, -0.15) is 0 Å². The monoisotopic (exact) mass is 413 g/mol. The molecule has 0 aliphatic heterocycles. The third kappa shape index (κ3) is 5.30. The lowest BCUT2D eigenvalue weighted by Crippen LogP contribution is -2.31. The fourth-order valence-corrected chi connectivity index (χ4v) is 3.61. The molecule has 2 rings (SSSR count). The van der Waals surface area contributed by atoms with Crippen LogP contribution >= 0.6 is 23.2 Å². The maximum atomic E-state index is 12.1. The largest absolute Gasteiger partial charge is 0.452 e. The summed E-state index contributed by atoms with van der Waals surface area (Å²) >= 11 is 12.0. The molecule has 0 aliphatic rings. The molecule has 0 saturated carbocycles. The van der Waals surface area contributed by atoms with Gasteiger partial charge in [-0.05, 0) is 36.8 Å². The average molecular weight is 414 g/mol. The van der Waals surface area contributed by atoms with Gasteiger partial charge >= 0.3 is 5.97 Å². The van der Waals surface area contributed by atoms with E-state index in [0.29, 0.717) is 20.5 Å². The molecule has 138 valence electrons. The van der Waals surface area contributed by atoms with E-state index in [1.54, 1.807) is 43.3 Å². The summed E-state index contributed by atoms with van der Waals surface area (Å²) in [6, 6.07) is 11.0. The first-order valence-corrected chi connectivity index (χ1v) is 9.95. The van der Waals surface area contributed by atoms with Crippen molar-refractivity contribution in [2.75, 3.05) is 12.9 Å². The third-order valence-electron chi connectivity index (χ3n) is 3.56. The van der Waals surface area contributed by atoms with Crippen LogP contribution in [0.4, 0.5) is 0 Å². The molecule has 26 heavy (non-hydrogen) atoms. The summed E-state index contributed by atoms with van der Waals surface area (Å²) < 4.78 is 16.7. The topological polar surface area (TPSA) is 72.5 Å². The van der Waals surface area contributed by atoms with Gasteiger partial charge in [-0.3, -0.25) is 9.00 Å². The Kier molecular flexibility index (Phi) is 7.20. The minimum Gasteiger partial charge on any atom is -0.452 e. The Hall–Kier alpha value is -1.89. The van der Waals surface area contributed by atoms with Crippen molar-refractivity contribution in [2.24, 2.45) is 0 Å². The van der Waals surface area contributed by atoms with Crippen LogP contribution in [0.3, 0.4) is 0 Å². The zero-order valence-corrected chi connectivity index (χ0v) is 16.5. The Morgan fingerprint density at radius 3 is 2.54 bits per heavy atom. The molecule has 0 radical (unpaired) electrons. The smallest absolute Gasteiger partial charge is 0.339 e. The van der Waals surface area contributed by atoms with Crippen molar-refractivity contribution in [3.63, 3.8) is 0 Å². The number of amides is 1. The number of nitrogens with one attached hydrogen (secondary N) is 1. The second-order valence-electron chi connectivity index (χ2n) is 5.48. The molecule has 0 fully saturated rings. The van der Waals surface area contributed by atoms with Crippen LogP contribution in [0.5, 0.6) is 0 Å². The van der Waals surface area contributed by atoms with E-state index in [1.807, 2.05) is 0 Å². The molecule has 8 heteroatoms. The highest BCUT2D eigenvalue weighted by molar-refractivity contribution is 7.84. The highest BCUT2D eigenvalue weighted by Crippen LogP contribution is 2.26. The maximum Gasteiger partial charge on any atom is 0.339 e. The summed E-state index contributed by atoms with van der Waals surface area (Å²) in [6.45, 7) is 1.30. The van der Waals surface area contributed by atoms with Crippen LogP contribution in [-0.2, 0) is 20.3 Å². The number of hydrogen-bond donors (Lipinski definition) is 1. The molecule has 5 nitrogen and oxygen atoms in total. The first-order valence-electron chi connectivity index (χ1n) is 7.63. The van der Waals surface area contributed by atoms with Gasteiger partial charge in [0.25, 0.3) is 5.91 Å². The molecule has 2 aromatic carbocycles. The van der Waals surface area contributed by atoms with E-state index >= 15 is 0 Å². The number of benzene rings is 2. The Morgan fingerprint density at radius 1 is 1.19 bits per heavy atom. The first-order chi connectivity index (χ1) is 12.3. The molecular formula is C18H17Cl2NO4S. The van der Waals surface area contributed by atoms with Crippen LogP contribution in [0.1, 0.15) is 28.9 Å². The van der Waals surface area contributed by atoms with Crippen molar-refractivity contribution >= 4 is 45.9 Å². The summed E-state index contributed by atoms with van der Waals surface area (Å²) in [7, 11) is -1.34. The average Bonchev–Trinajstić information content (AvgIpc) is 2.59. The summed E-state index contributed by atoms with van der Waals surface area (Å²) in [5.74, 6) is -1.19. The van der Waals surface area contributed by atoms with Crippen molar-refractivity contribution in [1.82, 2.24) is 5.32 Å². The van der Waals surface area contributed by atoms with Crippen LogP contribution in [0.2, 0.25) is 10.0 Å². The number of halogens is 2. The van der Waals surface area contributed by atoms with E-state index in [9.17, 15) is 13.8 Å². The lowest BCUT2D eigenvalue weighted by atomic mass is 10.1. The Labute approximate surface area is 164 Å². The third-order valence-corrected chi connectivity index (χ3v) is 5.10. The standard InChI is InChI=1S/C18H17Cl2NO4S/c1-11(13-8-7-12(19)9-15(13)20)21-17(22)10-25-18(23)14-5-3-4-6-16(14)26(2)24/h3-9,11H,10H2,1-2H3,(H,21,22)/t11-,26-/m0/s1. The van der Waals surface area contributed by atoms with E-state index in [4.69, 9.17) is 27.9 Å². The van der Waals surface area contributed by atoms with E-state index in [-0.39, 0.29) is 11.6 Å². The number of rotatable bonds is 6. The maximum absolute atomic E-state index is 12.1. The van der Waals surface area contributed by atoms with Gasteiger partial charge < -0.3 is 10.1 Å². The molecule has 0 bridgehead atoms. The van der Waals surface area contributed by atoms with Gasteiger partial charge in [-0.1, -0.05) is 41.4 Å². The quantitative estimate of drug-likeness (QED) is 0.731. The summed E-state index contributed by atoms with van der Waals surface area (Å²) in [6.07, 6.45) is 1.47. The van der Waals surface area contributed by atoms with Gasteiger partial charge in [-0.15, -0.1) is 0 Å². The Bertz CT molecular complexity index is 857. The zero-order valence-electron chi connectivity index (χ0n) is 14.1. The Balaban J connectivity index is 1.96. The fraction of sp³-hybridized carbons (Fsp3) is 0.222. The van der Waals surface area contributed by atoms with Crippen molar-refractivity contribution in [3.8, 4) is 0 Å². The number of hydrogen-bond acceptors (Lipinski definition) is 4. The van der Waals surface area contributed by atoms with Gasteiger partial charge in [0.1, 0.15) is 0 Å². The van der Waals surface area contributed by atoms with Crippen molar-refractivity contribution in [2.45, 2.75) is 17.9 Å². The molecule has 2 aromatic rings.